The summed E-state index contributed by atoms with van der Waals surface area (Å²) in [7, 11) is 0. The van der Waals surface area contributed by atoms with Gasteiger partial charge in [0.2, 0.25) is 0 Å². The zero-order chi connectivity index (χ0) is 11.3. The molecule has 15 heavy (non-hydrogen) atoms. The summed E-state index contributed by atoms with van der Waals surface area (Å²) in [5, 5.41) is 8.69. The number of carbonyl (C=O) groups is 1. The van der Waals surface area contributed by atoms with Gasteiger partial charge in [-0.15, -0.1) is 0 Å². The van der Waals surface area contributed by atoms with Gasteiger partial charge >= 0.3 is 5.97 Å². The van der Waals surface area contributed by atoms with E-state index in [1.807, 2.05) is 43.3 Å². The monoisotopic (exact) mass is 202 g/mol. The van der Waals surface area contributed by atoms with Crippen molar-refractivity contribution >= 4 is 17.6 Å². The number of carboxylic acids is 1. The van der Waals surface area contributed by atoms with Crippen LogP contribution in [0.25, 0.3) is 11.6 Å². The van der Waals surface area contributed by atoms with Crippen molar-refractivity contribution in [2.75, 3.05) is 0 Å². The van der Waals surface area contributed by atoms with Crippen molar-refractivity contribution in [3.05, 3.63) is 48.0 Å². The molecule has 0 spiro atoms. The molecule has 0 atom stereocenters. The molecule has 0 radical (unpaired) electrons. The van der Waals surface area contributed by atoms with E-state index < -0.39 is 5.97 Å². The quantitative estimate of drug-likeness (QED) is 0.814. The standard InChI is InChI=1S/C13H14O2/c1-3-6-11-7-4-5-8-12(11)10(2)9-13(14)15/h3-8H,2,9H2,1H3,(H,14,15)/b6-3-. The Balaban J connectivity index is 3.02. The summed E-state index contributed by atoms with van der Waals surface area (Å²) in [6, 6.07) is 7.64. The van der Waals surface area contributed by atoms with Gasteiger partial charge in [-0.1, -0.05) is 43.0 Å². The van der Waals surface area contributed by atoms with Crippen LogP contribution in [0.1, 0.15) is 24.5 Å². The summed E-state index contributed by atoms with van der Waals surface area (Å²) in [6.45, 7) is 5.72. The first-order chi connectivity index (χ1) is 7.15. The summed E-state index contributed by atoms with van der Waals surface area (Å²) >= 11 is 0. The second-order valence-corrected chi connectivity index (χ2v) is 3.26. The average molecular weight is 202 g/mol. The van der Waals surface area contributed by atoms with Crippen LogP contribution < -0.4 is 0 Å². The molecule has 0 heterocycles. The van der Waals surface area contributed by atoms with Crippen LogP contribution in [0.4, 0.5) is 0 Å². The highest BCUT2D eigenvalue weighted by Crippen LogP contribution is 2.21. The van der Waals surface area contributed by atoms with Crippen LogP contribution in [-0.4, -0.2) is 11.1 Å². The fraction of sp³-hybridized carbons (Fsp3) is 0.154. The van der Waals surface area contributed by atoms with Crippen molar-refractivity contribution in [2.45, 2.75) is 13.3 Å². The summed E-state index contributed by atoms with van der Waals surface area (Å²) in [5.41, 5.74) is 2.54. The predicted molar refractivity (Wildman–Crippen MR) is 62.4 cm³/mol. The SMILES string of the molecule is C=C(CC(=O)O)c1ccccc1/C=C\C. The van der Waals surface area contributed by atoms with Crippen LogP contribution in [0.2, 0.25) is 0 Å². The highest BCUT2D eigenvalue weighted by atomic mass is 16.4. The minimum Gasteiger partial charge on any atom is -0.481 e. The number of hydrogen-bond donors (Lipinski definition) is 1. The van der Waals surface area contributed by atoms with Gasteiger partial charge < -0.3 is 5.11 Å². The molecule has 0 saturated carbocycles. The van der Waals surface area contributed by atoms with Gasteiger partial charge in [0, 0.05) is 0 Å². The molecule has 0 aliphatic carbocycles. The predicted octanol–water partition coefficient (Wildman–Crippen LogP) is 3.21. The Kier molecular flexibility index (Phi) is 3.86. The zero-order valence-corrected chi connectivity index (χ0v) is 8.73. The lowest BCUT2D eigenvalue weighted by Gasteiger charge is -2.06. The Morgan fingerprint density at radius 3 is 2.73 bits per heavy atom. The topological polar surface area (TPSA) is 37.3 Å². The smallest absolute Gasteiger partial charge is 0.307 e. The van der Waals surface area contributed by atoms with Crippen LogP contribution in [0.5, 0.6) is 0 Å². The van der Waals surface area contributed by atoms with Crippen molar-refractivity contribution in [1.82, 2.24) is 0 Å². The van der Waals surface area contributed by atoms with Crippen molar-refractivity contribution < 1.29 is 9.90 Å². The van der Waals surface area contributed by atoms with Crippen LogP contribution >= 0.6 is 0 Å². The van der Waals surface area contributed by atoms with Crippen molar-refractivity contribution in [3.63, 3.8) is 0 Å². The highest BCUT2D eigenvalue weighted by Gasteiger charge is 2.06. The molecule has 0 amide bonds. The van der Waals surface area contributed by atoms with Gasteiger partial charge in [-0.2, -0.15) is 0 Å². The number of aliphatic carboxylic acids is 1. The third-order valence-electron chi connectivity index (χ3n) is 2.05. The van der Waals surface area contributed by atoms with Gasteiger partial charge in [0.15, 0.2) is 0 Å². The number of rotatable bonds is 4. The van der Waals surface area contributed by atoms with E-state index in [1.165, 1.54) is 0 Å². The molecule has 2 nitrogen and oxygen atoms in total. The second-order valence-electron chi connectivity index (χ2n) is 3.26. The Labute approximate surface area is 89.6 Å². The normalized spacial score (nSPS) is 10.5. The molecular formula is C13H14O2. The van der Waals surface area contributed by atoms with Gasteiger partial charge in [0.1, 0.15) is 0 Å². The van der Waals surface area contributed by atoms with Gasteiger partial charge in [0.05, 0.1) is 6.42 Å². The molecule has 0 aliphatic rings. The lowest BCUT2D eigenvalue weighted by Crippen LogP contribution is -1.97. The van der Waals surface area contributed by atoms with Crippen molar-refractivity contribution in [1.29, 1.82) is 0 Å². The first-order valence-corrected chi connectivity index (χ1v) is 4.77. The summed E-state index contributed by atoms with van der Waals surface area (Å²) < 4.78 is 0. The molecule has 0 unspecified atom stereocenters. The van der Waals surface area contributed by atoms with Crippen LogP contribution in [0, 0.1) is 0 Å². The van der Waals surface area contributed by atoms with Gasteiger partial charge in [-0.3, -0.25) is 4.79 Å². The first-order valence-electron chi connectivity index (χ1n) is 4.77. The van der Waals surface area contributed by atoms with Gasteiger partial charge in [0.25, 0.3) is 0 Å². The Morgan fingerprint density at radius 1 is 1.47 bits per heavy atom. The molecule has 1 N–H and O–H groups in total. The first kappa shape index (κ1) is 11.2. The van der Waals surface area contributed by atoms with E-state index in [1.54, 1.807) is 0 Å². The van der Waals surface area contributed by atoms with Crippen LogP contribution in [0.15, 0.2) is 36.9 Å². The molecule has 78 valence electrons. The number of benzene rings is 1. The molecule has 1 aromatic carbocycles. The molecule has 0 saturated heterocycles. The van der Waals surface area contributed by atoms with Gasteiger partial charge in [-0.05, 0) is 23.6 Å². The molecule has 0 aromatic heterocycles. The molecule has 1 rings (SSSR count). The molecule has 2 heteroatoms. The van der Waals surface area contributed by atoms with Gasteiger partial charge in [-0.25, -0.2) is 0 Å². The summed E-state index contributed by atoms with van der Waals surface area (Å²) in [4.78, 5) is 10.6. The van der Waals surface area contributed by atoms with Crippen LogP contribution in [0.3, 0.4) is 0 Å². The second kappa shape index (κ2) is 5.15. The third-order valence-corrected chi connectivity index (χ3v) is 2.05. The number of hydrogen-bond acceptors (Lipinski definition) is 1. The maximum Gasteiger partial charge on any atom is 0.307 e. The molecule has 0 fully saturated rings. The molecular weight excluding hydrogens is 188 g/mol. The van der Waals surface area contributed by atoms with E-state index >= 15 is 0 Å². The molecule has 1 aromatic rings. The Bertz CT molecular complexity index is 403. The molecule has 0 bridgehead atoms. The summed E-state index contributed by atoms with van der Waals surface area (Å²) in [6.07, 6.45) is 3.85. The van der Waals surface area contributed by atoms with Crippen molar-refractivity contribution in [3.8, 4) is 0 Å². The van der Waals surface area contributed by atoms with Crippen molar-refractivity contribution in [2.24, 2.45) is 0 Å². The van der Waals surface area contributed by atoms with Crippen LogP contribution in [-0.2, 0) is 4.79 Å². The zero-order valence-electron chi connectivity index (χ0n) is 8.73. The Morgan fingerprint density at radius 2 is 2.13 bits per heavy atom. The van der Waals surface area contributed by atoms with E-state index in [0.717, 1.165) is 11.1 Å². The minimum atomic E-state index is -0.852. The van der Waals surface area contributed by atoms with E-state index in [2.05, 4.69) is 6.58 Å². The Hall–Kier alpha value is -1.83. The minimum absolute atomic E-state index is 0.0193. The fourth-order valence-corrected chi connectivity index (χ4v) is 1.42. The van der Waals surface area contributed by atoms with E-state index in [0.29, 0.717) is 5.57 Å². The third kappa shape index (κ3) is 3.09. The maximum atomic E-state index is 10.6. The fourth-order valence-electron chi connectivity index (χ4n) is 1.42. The lowest BCUT2D eigenvalue weighted by molar-refractivity contribution is -0.135. The number of allylic oxidation sites excluding steroid dienone is 1. The maximum absolute atomic E-state index is 10.6. The molecule has 0 aliphatic heterocycles. The highest BCUT2D eigenvalue weighted by molar-refractivity contribution is 5.85. The van der Waals surface area contributed by atoms with E-state index in [-0.39, 0.29) is 6.42 Å². The number of carboxylic acid groups (broad SMARTS) is 1. The van der Waals surface area contributed by atoms with E-state index in [4.69, 9.17) is 5.11 Å². The summed E-state index contributed by atoms with van der Waals surface area (Å²) in [5.74, 6) is -0.852. The largest absolute Gasteiger partial charge is 0.481 e. The lowest BCUT2D eigenvalue weighted by atomic mass is 9.98. The average Bonchev–Trinajstić information content (AvgIpc) is 2.18. The van der Waals surface area contributed by atoms with E-state index in [9.17, 15) is 4.79 Å².